The van der Waals surface area contributed by atoms with Gasteiger partial charge in [-0.05, 0) is 17.7 Å². The first-order chi connectivity index (χ1) is 13.2. The lowest BCUT2D eigenvalue weighted by molar-refractivity contribution is -0.115. The zero-order chi connectivity index (χ0) is 18.9. The number of hydrogen-bond acceptors (Lipinski definition) is 4. The van der Waals surface area contributed by atoms with Crippen molar-refractivity contribution in [3.63, 3.8) is 0 Å². The molecule has 1 aliphatic rings. The molecule has 3 rings (SSSR count). The third kappa shape index (κ3) is 5.84. The largest absolute Gasteiger partial charge is 0.378 e. The molecule has 2 aromatic rings. The van der Waals surface area contributed by atoms with Crippen molar-refractivity contribution in [3.05, 3.63) is 65.7 Å². The van der Waals surface area contributed by atoms with Crippen LogP contribution in [0.1, 0.15) is 22.3 Å². The molecule has 0 atom stereocenters. The van der Waals surface area contributed by atoms with Gasteiger partial charge in [0.25, 0.3) is 5.91 Å². The second-order valence-corrected chi connectivity index (χ2v) is 7.39. The van der Waals surface area contributed by atoms with Crippen molar-refractivity contribution in [1.29, 1.82) is 0 Å². The van der Waals surface area contributed by atoms with Gasteiger partial charge in [0.15, 0.2) is 0 Å². The number of ether oxygens (including phenoxy) is 1. The smallest absolute Gasteiger partial charge is 0.256 e. The summed E-state index contributed by atoms with van der Waals surface area (Å²) < 4.78 is 5.30. The summed E-state index contributed by atoms with van der Waals surface area (Å²) in [6, 6.07) is 17.4. The van der Waals surface area contributed by atoms with E-state index in [1.165, 1.54) is 5.56 Å². The standard InChI is InChI=1S/C21H24N2O3S/c24-20(10-15-27-16-17-6-2-1-3-7-17)22-19-9-5-4-8-18(19)21(25)23-11-13-26-14-12-23/h1-9H,10-16H2,(H,22,24). The van der Waals surface area contributed by atoms with E-state index in [9.17, 15) is 9.59 Å². The number of nitrogens with zero attached hydrogens (tertiary/aromatic N) is 1. The average molecular weight is 385 g/mol. The highest BCUT2D eigenvalue weighted by molar-refractivity contribution is 7.98. The molecular formula is C21H24N2O3S. The predicted octanol–water partition coefficient (Wildman–Crippen LogP) is 3.42. The zero-order valence-electron chi connectivity index (χ0n) is 15.2. The number of rotatable bonds is 7. The molecule has 1 N–H and O–H groups in total. The summed E-state index contributed by atoms with van der Waals surface area (Å²) in [6.07, 6.45) is 0.414. The van der Waals surface area contributed by atoms with E-state index in [0.29, 0.717) is 44.0 Å². The fourth-order valence-electron chi connectivity index (χ4n) is 2.86. The maximum Gasteiger partial charge on any atom is 0.256 e. The van der Waals surface area contributed by atoms with Crippen LogP contribution in [-0.2, 0) is 15.3 Å². The van der Waals surface area contributed by atoms with Gasteiger partial charge in [0.1, 0.15) is 0 Å². The van der Waals surface area contributed by atoms with E-state index in [2.05, 4.69) is 17.4 Å². The number of para-hydroxylation sites is 1. The highest BCUT2D eigenvalue weighted by Crippen LogP contribution is 2.19. The van der Waals surface area contributed by atoms with Gasteiger partial charge < -0.3 is 15.0 Å². The Morgan fingerprint density at radius 2 is 1.70 bits per heavy atom. The Kier molecular flexibility index (Phi) is 7.30. The van der Waals surface area contributed by atoms with E-state index in [1.54, 1.807) is 28.8 Å². The van der Waals surface area contributed by atoms with Crippen molar-refractivity contribution in [2.45, 2.75) is 12.2 Å². The van der Waals surface area contributed by atoms with Crippen LogP contribution in [0.3, 0.4) is 0 Å². The second-order valence-electron chi connectivity index (χ2n) is 6.29. The number of carbonyl (C=O) groups excluding carboxylic acids is 2. The molecule has 0 aromatic heterocycles. The van der Waals surface area contributed by atoms with Crippen LogP contribution >= 0.6 is 11.8 Å². The van der Waals surface area contributed by atoms with E-state index in [1.807, 2.05) is 30.3 Å². The van der Waals surface area contributed by atoms with Crippen molar-refractivity contribution < 1.29 is 14.3 Å². The van der Waals surface area contributed by atoms with Crippen LogP contribution in [0.15, 0.2) is 54.6 Å². The summed E-state index contributed by atoms with van der Waals surface area (Å²) >= 11 is 1.73. The molecule has 0 saturated carbocycles. The zero-order valence-corrected chi connectivity index (χ0v) is 16.0. The number of hydrogen-bond donors (Lipinski definition) is 1. The van der Waals surface area contributed by atoms with Crippen LogP contribution in [-0.4, -0.2) is 48.8 Å². The maximum atomic E-state index is 12.7. The number of anilines is 1. The van der Waals surface area contributed by atoms with E-state index in [-0.39, 0.29) is 11.8 Å². The SMILES string of the molecule is O=C(CCSCc1ccccc1)Nc1ccccc1C(=O)N1CCOCC1. The van der Waals surface area contributed by atoms with Gasteiger partial charge in [-0.25, -0.2) is 0 Å². The van der Waals surface area contributed by atoms with Gasteiger partial charge >= 0.3 is 0 Å². The second kappa shape index (κ2) is 10.1. The molecule has 142 valence electrons. The van der Waals surface area contributed by atoms with Crippen LogP contribution in [0.5, 0.6) is 0 Å². The van der Waals surface area contributed by atoms with Crippen LogP contribution in [0.2, 0.25) is 0 Å². The Hall–Kier alpha value is -2.31. The highest BCUT2D eigenvalue weighted by Gasteiger charge is 2.21. The monoisotopic (exact) mass is 384 g/mol. The maximum absolute atomic E-state index is 12.7. The average Bonchev–Trinajstić information content (AvgIpc) is 2.72. The topological polar surface area (TPSA) is 58.6 Å². The van der Waals surface area contributed by atoms with Gasteiger partial charge in [-0.3, -0.25) is 9.59 Å². The third-order valence-corrected chi connectivity index (χ3v) is 5.35. The Labute approximate surface area is 164 Å². The summed E-state index contributed by atoms with van der Waals surface area (Å²) in [7, 11) is 0. The fourth-order valence-corrected chi connectivity index (χ4v) is 3.76. The van der Waals surface area contributed by atoms with Crippen molar-refractivity contribution in [2.24, 2.45) is 0 Å². The van der Waals surface area contributed by atoms with Crippen LogP contribution in [0, 0.1) is 0 Å². The van der Waals surface area contributed by atoms with E-state index in [0.717, 1.165) is 11.5 Å². The first-order valence-electron chi connectivity index (χ1n) is 9.11. The summed E-state index contributed by atoms with van der Waals surface area (Å²) in [5, 5.41) is 2.90. The molecule has 2 aromatic carbocycles. The van der Waals surface area contributed by atoms with Gasteiger partial charge in [0.2, 0.25) is 5.91 Å². The molecule has 0 spiro atoms. The van der Waals surface area contributed by atoms with Crippen molar-refractivity contribution >= 4 is 29.3 Å². The number of nitrogens with one attached hydrogen (secondary N) is 1. The summed E-state index contributed by atoms with van der Waals surface area (Å²) in [6.45, 7) is 2.27. The van der Waals surface area contributed by atoms with Crippen molar-refractivity contribution in [1.82, 2.24) is 4.90 Å². The molecule has 1 heterocycles. The minimum Gasteiger partial charge on any atom is -0.378 e. The molecule has 0 bridgehead atoms. The van der Waals surface area contributed by atoms with Crippen molar-refractivity contribution in [3.8, 4) is 0 Å². The molecule has 2 amide bonds. The molecule has 27 heavy (non-hydrogen) atoms. The Bertz CT molecular complexity index is 761. The Balaban J connectivity index is 1.51. The van der Waals surface area contributed by atoms with Crippen LogP contribution < -0.4 is 5.32 Å². The highest BCUT2D eigenvalue weighted by atomic mass is 32.2. The Morgan fingerprint density at radius 1 is 1.00 bits per heavy atom. The van der Waals surface area contributed by atoms with E-state index in [4.69, 9.17) is 4.74 Å². The summed E-state index contributed by atoms with van der Waals surface area (Å²) in [5.41, 5.74) is 2.36. The normalized spacial score (nSPS) is 14.0. The number of amides is 2. The lowest BCUT2D eigenvalue weighted by Crippen LogP contribution is -2.41. The van der Waals surface area contributed by atoms with Crippen LogP contribution in [0.25, 0.3) is 0 Å². The molecule has 5 nitrogen and oxygen atoms in total. The van der Waals surface area contributed by atoms with Gasteiger partial charge in [0, 0.05) is 31.0 Å². The molecule has 0 unspecified atom stereocenters. The lowest BCUT2D eigenvalue weighted by Gasteiger charge is -2.27. The molecular weight excluding hydrogens is 360 g/mol. The van der Waals surface area contributed by atoms with E-state index >= 15 is 0 Å². The molecule has 1 saturated heterocycles. The van der Waals surface area contributed by atoms with Gasteiger partial charge in [-0.1, -0.05) is 42.5 Å². The molecule has 0 radical (unpaired) electrons. The minimum absolute atomic E-state index is 0.0624. The Morgan fingerprint density at radius 3 is 2.48 bits per heavy atom. The lowest BCUT2D eigenvalue weighted by atomic mass is 10.1. The quantitative estimate of drug-likeness (QED) is 0.743. The fraction of sp³-hybridized carbons (Fsp3) is 0.333. The predicted molar refractivity (Wildman–Crippen MR) is 109 cm³/mol. The van der Waals surface area contributed by atoms with E-state index < -0.39 is 0 Å². The first-order valence-corrected chi connectivity index (χ1v) is 10.3. The molecule has 1 aliphatic heterocycles. The number of carbonyl (C=O) groups is 2. The molecule has 1 fully saturated rings. The molecule has 6 heteroatoms. The van der Waals surface area contributed by atoms with Gasteiger partial charge in [0.05, 0.1) is 24.5 Å². The van der Waals surface area contributed by atoms with Crippen LogP contribution in [0.4, 0.5) is 5.69 Å². The van der Waals surface area contributed by atoms with Crippen molar-refractivity contribution in [2.75, 3.05) is 37.4 Å². The first kappa shape index (κ1) is 19.5. The van der Waals surface area contributed by atoms with Gasteiger partial charge in [-0.2, -0.15) is 11.8 Å². The van der Waals surface area contributed by atoms with Gasteiger partial charge in [-0.15, -0.1) is 0 Å². The third-order valence-electron chi connectivity index (χ3n) is 4.31. The number of benzene rings is 2. The number of morpholine rings is 1. The number of thioether (sulfide) groups is 1. The minimum atomic E-state index is -0.0715. The summed E-state index contributed by atoms with van der Waals surface area (Å²) in [4.78, 5) is 26.8. The summed E-state index contributed by atoms with van der Waals surface area (Å²) in [5.74, 6) is 1.49. The molecule has 0 aliphatic carbocycles.